The van der Waals surface area contributed by atoms with E-state index in [0.29, 0.717) is 6.04 Å². The van der Waals surface area contributed by atoms with Crippen LogP contribution in [0, 0.1) is 0 Å². The molecule has 1 N–H and O–H groups in total. The molecule has 2 aliphatic rings. The summed E-state index contributed by atoms with van der Waals surface area (Å²) in [4.78, 5) is 2.53. The number of hydrogen-bond donors (Lipinski definition) is 1. The summed E-state index contributed by atoms with van der Waals surface area (Å²) in [6.07, 6.45) is 1.24. The molecule has 2 fully saturated rings. The first-order valence-corrected chi connectivity index (χ1v) is 4.84. The van der Waals surface area contributed by atoms with Gasteiger partial charge in [-0.15, -0.1) is 0 Å². The topological polar surface area (TPSA) is 24.5 Å². The van der Waals surface area contributed by atoms with Gasteiger partial charge in [-0.2, -0.15) is 0 Å². The van der Waals surface area contributed by atoms with E-state index in [4.69, 9.17) is 4.74 Å². The van der Waals surface area contributed by atoms with Crippen molar-refractivity contribution in [3.05, 3.63) is 0 Å². The van der Waals surface area contributed by atoms with E-state index in [1.54, 1.807) is 0 Å². The Bertz CT molecular complexity index is 166. The van der Waals surface area contributed by atoms with E-state index in [1.807, 2.05) is 0 Å². The highest BCUT2D eigenvalue weighted by Crippen LogP contribution is 2.28. The van der Waals surface area contributed by atoms with Gasteiger partial charge >= 0.3 is 0 Å². The third-order valence-electron chi connectivity index (χ3n) is 2.98. The largest absolute Gasteiger partial charge is 0.377 e. The number of ether oxygens (including phenoxy) is 1. The lowest BCUT2D eigenvalue weighted by Crippen LogP contribution is -2.73. The Hall–Kier alpha value is -0.120. The molecule has 0 aromatic heterocycles. The van der Waals surface area contributed by atoms with Gasteiger partial charge in [-0.05, 0) is 20.3 Å². The molecule has 3 heteroatoms. The summed E-state index contributed by atoms with van der Waals surface area (Å²) in [7, 11) is 0. The maximum atomic E-state index is 5.50. The van der Waals surface area contributed by atoms with Crippen molar-refractivity contribution in [2.24, 2.45) is 0 Å². The lowest BCUT2D eigenvalue weighted by Gasteiger charge is -2.55. The molecule has 0 aromatic rings. The van der Waals surface area contributed by atoms with E-state index in [1.165, 1.54) is 6.42 Å². The van der Waals surface area contributed by atoms with Crippen LogP contribution in [0.4, 0.5) is 0 Å². The summed E-state index contributed by atoms with van der Waals surface area (Å²) in [6, 6.07) is 0.627. The van der Waals surface area contributed by atoms with Crippen LogP contribution in [0.2, 0.25) is 0 Å². The highest BCUT2D eigenvalue weighted by Gasteiger charge is 2.45. The van der Waals surface area contributed by atoms with Crippen LogP contribution < -0.4 is 5.32 Å². The van der Waals surface area contributed by atoms with Gasteiger partial charge in [-0.3, -0.25) is 10.2 Å². The Balaban J connectivity index is 2.06. The molecule has 0 saturated carbocycles. The second-order valence-corrected chi connectivity index (χ2v) is 4.05. The predicted octanol–water partition coefficient (Wildman–Crippen LogP) is 0.417. The van der Waals surface area contributed by atoms with Crippen LogP contribution in [0.5, 0.6) is 0 Å². The lowest BCUT2D eigenvalue weighted by molar-refractivity contribution is -0.132. The molecule has 0 bridgehead atoms. The predicted molar refractivity (Wildman–Crippen MR) is 48.0 cm³/mol. The Morgan fingerprint density at radius 3 is 2.67 bits per heavy atom. The maximum Gasteiger partial charge on any atom is 0.0968 e. The van der Waals surface area contributed by atoms with Gasteiger partial charge in [-0.1, -0.05) is 0 Å². The smallest absolute Gasteiger partial charge is 0.0968 e. The lowest BCUT2D eigenvalue weighted by atomic mass is 9.94. The van der Waals surface area contributed by atoms with Gasteiger partial charge in [0, 0.05) is 19.1 Å². The molecule has 3 nitrogen and oxygen atoms in total. The van der Waals surface area contributed by atoms with Crippen molar-refractivity contribution < 1.29 is 4.74 Å². The SMILES string of the molecule is CC(C)N1CCOC[C@]12CCN2. The first kappa shape index (κ1) is 8.48. The van der Waals surface area contributed by atoms with E-state index >= 15 is 0 Å². The average Bonchev–Trinajstić information content (AvgIpc) is 2.01. The molecule has 70 valence electrons. The van der Waals surface area contributed by atoms with Crippen LogP contribution in [0.1, 0.15) is 20.3 Å². The van der Waals surface area contributed by atoms with Gasteiger partial charge in [0.05, 0.1) is 18.9 Å². The molecule has 0 amide bonds. The third-order valence-corrected chi connectivity index (χ3v) is 2.98. The van der Waals surface area contributed by atoms with Crippen molar-refractivity contribution in [2.75, 3.05) is 26.3 Å². The summed E-state index contributed by atoms with van der Waals surface area (Å²) in [6.45, 7) is 8.49. The molecule has 0 aliphatic carbocycles. The van der Waals surface area contributed by atoms with E-state index in [9.17, 15) is 0 Å². The fourth-order valence-corrected chi connectivity index (χ4v) is 2.24. The van der Waals surface area contributed by atoms with Crippen molar-refractivity contribution in [1.29, 1.82) is 0 Å². The van der Waals surface area contributed by atoms with Crippen LogP contribution in [-0.2, 0) is 4.74 Å². The minimum atomic E-state index is 0.201. The maximum absolute atomic E-state index is 5.50. The minimum absolute atomic E-state index is 0.201. The summed E-state index contributed by atoms with van der Waals surface area (Å²) in [5.74, 6) is 0. The Morgan fingerprint density at radius 1 is 1.50 bits per heavy atom. The number of morpholine rings is 1. The number of rotatable bonds is 1. The summed E-state index contributed by atoms with van der Waals surface area (Å²) in [5.41, 5.74) is 0.201. The first-order chi connectivity index (χ1) is 5.75. The Morgan fingerprint density at radius 2 is 2.25 bits per heavy atom. The van der Waals surface area contributed by atoms with Crippen molar-refractivity contribution in [1.82, 2.24) is 10.2 Å². The van der Waals surface area contributed by atoms with Crippen LogP contribution >= 0.6 is 0 Å². The Labute approximate surface area is 74.1 Å². The van der Waals surface area contributed by atoms with Crippen molar-refractivity contribution >= 4 is 0 Å². The zero-order chi connectivity index (χ0) is 8.60. The van der Waals surface area contributed by atoms with Crippen molar-refractivity contribution in [3.8, 4) is 0 Å². The number of hydrogen-bond acceptors (Lipinski definition) is 3. The van der Waals surface area contributed by atoms with Gasteiger partial charge < -0.3 is 4.74 Å². The van der Waals surface area contributed by atoms with Crippen LogP contribution in [0.25, 0.3) is 0 Å². The standard InChI is InChI=1S/C9H18N2O/c1-8(2)11-5-6-12-7-9(11)3-4-10-9/h8,10H,3-7H2,1-2H3/t9-/m0/s1. The zero-order valence-electron chi connectivity index (χ0n) is 7.97. The molecule has 2 saturated heterocycles. The fraction of sp³-hybridized carbons (Fsp3) is 1.00. The molecule has 12 heavy (non-hydrogen) atoms. The number of nitrogens with one attached hydrogen (secondary N) is 1. The highest BCUT2D eigenvalue weighted by atomic mass is 16.5. The second kappa shape index (κ2) is 2.98. The second-order valence-electron chi connectivity index (χ2n) is 4.05. The first-order valence-electron chi connectivity index (χ1n) is 4.84. The third kappa shape index (κ3) is 1.16. The fourth-order valence-electron chi connectivity index (χ4n) is 2.24. The average molecular weight is 170 g/mol. The van der Waals surface area contributed by atoms with E-state index in [-0.39, 0.29) is 5.66 Å². The molecular formula is C9H18N2O. The molecule has 2 aliphatic heterocycles. The van der Waals surface area contributed by atoms with E-state index < -0.39 is 0 Å². The molecule has 0 unspecified atom stereocenters. The van der Waals surface area contributed by atoms with Gasteiger partial charge in [0.15, 0.2) is 0 Å². The molecule has 2 heterocycles. The monoisotopic (exact) mass is 170 g/mol. The quantitative estimate of drug-likeness (QED) is 0.617. The van der Waals surface area contributed by atoms with Crippen molar-refractivity contribution in [2.45, 2.75) is 32.0 Å². The molecule has 1 atom stereocenters. The van der Waals surface area contributed by atoms with Gasteiger partial charge in [0.2, 0.25) is 0 Å². The molecule has 1 spiro atoms. The van der Waals surface area contributed by atoms with Crippen molar-refractivity contribution in [3.63, 3.8) is 0 Å². The summed E-state index contributed by atoms with van der Waals surface area (Å²) in [5, 5.41) is 3.49. The minimum Gasteiger partial charge on any atom is -0.377 e. The van der Waals surface area contributed by atoms with Gasteiger partial charge in [0.1, 0.15) is 0 Å². The molecule has 2 rings (SSSR count). The summed E-state index contributed by atoms with van der Waals surface area (Å²) < 4.78 is 5.50. The number of nitrogens with zero attached hydrogens (tertiary/aromatic N) is 1. The van der Waals surface area contributed by atoms with Crippen LogP contribution in [0.15, 0.2) is 0 Å². The van der Waals surface area contributed by atoms with E-state index in [0.717, 1.165) is 26.3 Å². The zero-order valence-corrected chi connectivity index (χ0v) is 7.97. The van der Waals surface area contributed by atoms with Gasteiger partial charge in [0.25, 0.3) is 0 Å². The molecule has 0 radical (unpaired) electrons. The normalized spacial score (nSPS) is 37.2. The Kier molecular flexibility index (Phi) is 2.10. The highest BCUT2D eigenvalue weighted by molar-refractivity contribution is 4.99. The molecule has 0 aromatic carbocycles. The van der Waals surface area contributed by atoms with Crippen LogP contribution in [0.3, 0.4) is 0 Å². The van der Waals surface area contributed by atoms with Crippen LogP contribution in [-0.4, -0.2) is 42.9 Å². The van der Waals surface area contributed by atoms with Gasteiger partial charge in [-0.25, -0.2) is 0 Å². The van der Waals surface area contributed by atoms with E-state index in [2.05, 4.69) is 24.1 Å². The molecular weight excluding hydrogens is 152 g/mol. The summed E-state index contributed by atoms with van der Waals surface area (Å²) >= 11 is 0.